The van der Waals surface area contributed by atoms with E-state index < -0.39 is 17.3 Å². The molecule has 4 heteroatoms. The van der Waals surface area contributed by atoms with Crippen molar-refractivity contribution in [1.29, 1.82) is 0 Å². The van der Waals surface area contributed by atoms with Gasteiger partial charge in [-0.3, -0.25) is 4.79 Å². The van der Waals surface area contributed by atoms with E-state index >= 15 is 0 Å². The number of Topliss-reactive ketones (excluding diaryl/α,β-unsaturated/α-hetero) is 1. The fourth-order valence-corrected chi connectivity index (χ4v) is 7.77. The Morgan fingerprint density at radius 1 is 1.06 bits per heavy atom. The Labute approximate surface area is 187 Å². The standard InChI is InChI=1S/C27H40O4/c1-16(2)17(3)6-7-18(4)20-8-9-22-21(20)11-13-27-24(22)23(29)15-26(30-31-27)14-19(28)10-12-25(26,27)5/h6-7,16-21,28H,8-15H2,1-5H3/b7-6+. The molecule has 5 rings (SSSR count). The van der Waals surface area contributed by atoms with Crippen molar-refractivity contribution in [2.24, 2.45) is 35.0 Å². The lowest BCUT2D eigenvalue weighted by Gasteiger charge is -2.56. The van der Waals surface area contributed by atoms with Crippen molar-refractivity contribution in [3.63, 3.8) is 0 Å². The number of hydrogen-bond acceptors (Lipinski definition) is 4. The van der Waals surface area contributed by atoms with E-state index in [9.17, 15) is 9.90 Å². The van der Waals surface area contributed by atoms with Gasteiger partial charge in [0.05, 0.1) is 6.10 Å². The molecule has 4 fully saturated rings. The number of allylic oxidation sites excluding steroid dienone is 3. The number of rotatable bonds is 4. The summed E-state index contributed by atoms with van der Waals surface area (Å²) in [6.07, 6.45) is 11.1. The summed E-state index contributed by atoms with van der Waals surface area (Å²) in [6.45, 7) is 11.5. The van der Waals surface area contributed by atoms with E-state index in [0.717, 1.165) is 44.1 Å². The first-order valence-electron chi connectivity index (χ1n) is 12.6. The normalized spacial score (nSPS) is 46.3. The molecule has 0 radical (unpaired) electrons. The van der Waals surface area contributed by atoms with Crippen LogP contribution in [0.2, 0.25) is 0 Å². The van der Waals surface area contributed by atoms with Crippen LogP contribution in [0.4, 0.5) is 0 Å². The Morgan fingerprint density at radius 2 is 1.84 bits per heavy atom. The predicted molar refractivity (Wildman–Crippen MR) is 120 cm³/mol. The molecule has 1 aliphatic heterocycles. The van der Waals surface area contributed by atoms with Gasteiger partial charge in [0, 0.05) is 23.8 Å². The number of carbonyl (C=O) groups excluding carboxylic acids is 1. The first-order chi connectivity index (χ1) is 14.6. The van der Waals surface area contributed by atoms with Gasteiger partial charge in [-0.15, -0.1) is 0 Å². The van der Waals surface area contributed by atoms with Gasteiger partial charge in [0.25, 0.3) is 0 Å². The van der Waals surface area contributed by atoms with Crippen LogP contribution in [-0.2, 0) is 14.6 Å². The van der Waals surface area contributed by atoms with Gasteiger partial charge >= 0.3 is 0 Å². The molecule has 0 aromatic rings. The summed E-state index contributed by atoms with van der Waals surface area (Å²) in [4.78, 5) is 25.9. The minimum atomic E-state index is -0.653. The largest absolute Gasteiger partial charge is 0.393 e. The van der Waals surface area contributed by atoms with Crippen LogP contribution in [0.1, 0.15) is 86.0 Å². The lowest BCUT2D eigenvalue weighted by Crippen LogP contribution is -2.64. The maximum atomic E-state index is 13.6. The van der Waals surface area contributed by atoms with Crippen LogP contribution in [0.3, 0.4) is 0 Å². The van der Waals surface area contributed by atoms with Crippen molar-refractivity contribution in [3.8, 4) is 0 Å². The molecule has 1 heterocycles. The topological polar surface area (TPSA) is 55.8 Å². The highest BCUT2D eigenvalue weighted by Crippen LogP contribution is 2.70. The van der Waals surface area contributed by atoms with Gasteiger partial charge in [0.1, 0.15) is 11.2 Å². The third-order valence-electron chi connectivity index (χ3n) is 10.2. The summed E-state index contributed by atoms with van der Waals surface area (Å²) in [5.74, 6) is 3.10. The molecular formula is C27H40O4. The summed E-state index contributed by atoms with van der Waals surface area (Å²) in [5, 5.41) is 10.4. The maximum Gasteiger partial charge on any atom is 0.164 e. The van der Waals surface area contributed by atoms with E-state index in [-0.39, 0.29) is 11.2 Å². The van der Waals surface area contributed by atoms with Crippen molar-refractivity contribution in [3.05, 3.63) is 23.3 Å². The van der Waals surface area contributed by atoms with Gasteiger partial charge in [-0.05, 0) is 68.1 Å². The molecule has 1 saturated heterocycles. The second-order valence-electron chi connectivity index (χ2n) is 11.9. The van der Waals surface area contributed by atoms with Crippen molar-refractivity contribution >= 4 is 5.78 Å². The molecule has 3 saturated carbocycles. The molecule has 4 nitrogen and oxygen atoms in total. The Morgan fingerprint density at radius 3 is 2.58 bits per heavy atom. The van der Waals surface area contributed by atoms with E-state index in [4.69, 9.17) is 9.78 Å². The maximum absolute atomic E-state index is 13.6. The van der Waals surface area contributed by atoms with Crippen LogP contribution in [-0.4, -0.2) is 28.2 Å². The van der Waals surface area contributed by atoms with Gasteiger partial charge in [-0.1, -0.05) is 52.3 Å². The smallest absolute Gasteiger partial charge is 0.164 e. The van der Waals surface area contributed by atoms with Gasteiger partial charge < -0.3 is 5.11 Å². The molecule has 2 bridgehead atoms. The summed E-state index contributed by atoms with van der Waals surface area (Å²) in [7, 11) is 0. The Kier molecular flexibility index (Phi) is 5.12. The third kappa shape index (κ3) is 2.87. The van der Waals surface area contributed by atoms with Gasteiger partial charge in [-0.2, -0.15) is 0 Å². The predicted octanol–water partition coefficient (Wildman–Crippen LogP) is 5.55. The molecule has 0 amide bonds. The minimum absolute atomic E-state index is 0.223. The van der Waals surface area contributed by atoms with Gasteiger partial charge in [0.15, 0.2) is 5.78 Å². The van der Waals surface area contributed by atoms with Crippen LogP contribution in [0, 0.1) is 35.0 Å². The van der Waals surface area contributed by atoms with Crippen molar-refractivity contribution in [2.45, 2.75) is 103 Å². The van der Waals surface area contributed by atoms with E-state index in [0.29, 0.717) is 42.4 Å². The average Bonchev–Trinajstić information content (AvgIpc) is 3.20. The molecule has 0 aromatic carbocycles. The van der Waals surface area contributed by atoms with E-state index in [1.807, 2.05) is 0 Å². The molecule has 1 N–H and O–H groups in total. The second kappa shape index (κ2) is 7.27. The highest BCUT2D eigenvalue weighted by atomic mass is 17.2. The van der Waals surface area contributed by atoms with E-state index in [1.54, 1.807) is 0 Å². The van der Waals surface area contributed by atoms with Crippen LogP contribution in [0.15, 0.2) is 23.3 Å². The van der Waals surface area contributed by atoms with E-state index in [1.165, 1.54) is 5.57 Å². The Hall–Kier alpha value is -0.970. The number of aliphatic hydroxyl groups excluding tert-OH is 1. The number of carbonyl (C=O) groups is 1. The molecule has 0 aromatic heterocycles. The number of fused-ring (bicyclic) bond motifs is 1. The lowest BCUT2D eigenvalue weighted by atomic mass is 9.46. The van der Waals surface area contributed by atoms with Crippen molar-refractivity contribution < 1.29 is 19.7 Å². The zero-order valence-corrected chi connectivity index (χ0v) is 19.9. The first-order valence-corrected chi connectivity index (χ1v) is 12.6. The SMILES string of the molecule is CC(C)C(C)/C=C/C(C)C1CCC2=C3C(=O)CC45CC(O)CCC4(C)C3(CCC21)OO5. The fourth-order valence-electron chi connectivity index (χ4n) is 7.77. The summed E-state index contributed by atoms with van der Waals surface area (Å²) in [6, 6.07) is 0. The van der Waals surface area contributed by atoms with Gasteiger partial charge in [-0.25, -0.2) is 9.78 Å². The molecule has 8 atom stereocenters. The van der Waals surface area contributed by atoms with Crippen LogP contribution < -0.4 is 0 Å². The molecule has 1 spiro atoms. The Balaban J connectivity index is 1.48. The molecule has 4 aliphatic carbocycles. The van der Waals surface area contributed by atoms with Crippen molar-refractivity contribution in [1.82, 2.24) is 0 Å². The zero-order chi connectivity index (χ0) is 22.2. The van der Waals surface area contributed by atoms with Crippen LogP contribution in [0.5, 0.6) is 0 Å². The highest BCUT2D eigenvalue weighted by molar-refractivity contribution is 6.01. The Bertz CT molecular complexity index is 827. The van der Waals surface area contributed by atoms with Crippen LogP contribution in [0.25, 0.3) is 0 Å². The number of ketones is 1. The van der Waals surface area contributed by atoms with Gasteiger partial charge in [0.2, 0.25) is 0 Å². The minimum Gasteiger partial charge on any atom is -0.393 e. The summed E-state index contributed by atoms with van der Waals surface area (Å²) >= 11 is 0. The molecular weight excluding hydrogens is 388 g/mol. The van der Waals surface area contributed by atoms with E-state index in [2.05, 4.69) is 46.8 Å². The van der Waals surface area contributed by atoms with Crippen LogP contribution >= 0.6 is 0 Å². The molecule has 8 unspecified atom stereocenters. The van der Waals surface area contributed by atoms with Crippen molar-refractivity contribution in [2.75, 3.05) is 0 Å². The molecule has 172 valence electrons. The molecule has 31 heavy (non-hydrogen) atoms. The monoisotopic (exact) mass is 428 g/mol. The summed E-state index contributed by atoms with van der Waals surface area (Å²) in [5.41, 5.74) is 0.875. The lowest BCUT2D eigenvalue weighted by molar-refractivity contribution is -0.344. The quantitative estimate of drug-likeness (QED) is 0.471. The highest BCUT2D eigenvalue weighted by Gasteiger charge is 2.76. The zero-order valence-electron chi connectivity index (χ0n) is 19.9. The fraction of sp³-hybridized carbons (Fsp3) is 0.815. The first kappa shape index (κ1) is 21.9. The number of aliphatic hydroxyl groups is 1. The summed E-state index contributed by atoms with van der Waals surface area (Å²) < 4.78 is 0. The molecule has 5 aliphatic rings. The average molecular weight is 429 g/mol. The number of hydrogen-bond donors (Lipinski definition) is 1. The third-order valence-corrected chi connectivity index (χ3v) is 10.2. The second-order valence-corrected chi connectivity index (χ2v) is 11.9.